The molecule has 0 aliphatic heterocycles. The Balaban J connectivity index is 1.73. The van der Waals surface area contributed by atoms with Gasteiger partial charge < -0.3 is 9.84 Å². The second kappa shape index (κ2) is 9.10. The molecule has 208 valence electrons. The first-order valence-corrected chi connectivity index (χ1v) is 14.8. The number of carbonyl (C=O) groups excluding carboxylic acids is 1. The van der Waals surface area contributed by atoms with Gasteiger partial charge in [-0.05, 0) is 101 Å². The van der Waals surface area contributed by atoms with Gasteiger partial charge in [0, 0.05) is 0 Å². The zero-order valence-electron chi connectivity index (χ0n) is 25.5. The van der Waals surface area contributed by atoms with Crippen molar-refractivity contribution in [3.8, 4) is 0 Å². The van der Waals surface area contributed by atoms with Crippen LogP contribution in [0.4, 0.5) is 0 Å². The average Bonchev–Trinajstić information content (AvgIpc) is 3.01. The van der Waals surface area contributed by atoms with Crippen LogP contribution < -0.4 is 0 Å². The highest BCUT2D eigenvalue weighted by molar-refractivity contribution is 5.73. The van der Waals surface area contributed by atoms with Gasteiger partial charge in [-0.2, -0.15) is 0 Å². The first kappa shape index (κ1) is 28.7. The normalized spacial score (nSPS) is 41.5. The quantitative estimate of drug-likeness (QED) is 0.299. The fourth-order valence-electron chi connectivity index (χ4n) is 9.67. The van der Waals surface area contributed by atoms with Crippen LogP contribution in [0.25, 0.3) is 0 Å². The minimum Gasteiger partial charge on any atom is -0.469 e. The number of rotatable bonds is 5. The minimum atomic E-state index is -0.231. The predicted molar refractivity (Wildman–Crippen MR) is 153 cm³/mol. The number of allylic oxidation sites excluding steroid dienone is 5. The van der Waals surface area contributed by atoms with E-state index in [4.69, 9.17) is 4.74 Å². The monoisotopic (exact) mass is 510 g/mol. The summed E-state index contributed by atoms with van der Waals surface area (Å²) in [4.78, 5) is 13.3. The van der Waals surface area contributed by atoms with Crippen molar-refractivity contribution in [2.75, 3.05) is 7.11 Å². The molecule has 0 aromatic rings. The largest absolute Gasteiger partial charge is 0.469 e. The summed E-state index contributed by atoms with van der Waals surface area (Å²) < 4.78 is 5.45. The first-order valence-electron chi connectivity index (χ1n) is 14.8. The van der Waals surface area contributed by atoms with Gasteiger partial charge in [-0.1, -0.05) is 86.6 Å². The number of aliphatic hydroxyl groups excluding tert-OH is 1. The van der Waals surface area contributed by atoms with Crippen LogP contribution in [0.5, 0.6) is 0 Å². The van der Waals surface area contributed by atoms with Crippen LogP contribution in [-0.2, 0) is 9.53 Å². The van der Waals surface area contributed by atoms with Gasteiger partial charge in [0.25, 0.3) is 0 Å². The molecule has 3 heteroatoms. The smallest absolute Gasteiger partial charge is 0.308 e. The molecule has 4 rings (SSSR count). The molecule has 1 N–H and O–H groups in total. The molecule has 0 heterocycles. The van der Waals surface area contributed by atoms with Crippen LogP contribution in [0.2, 0.25) is 0 Å². The summed E-state index contributed by atoms with van der Waals surface area (Å²) >= 11 is 0. The fraction of sp³-hybridized carbons (Fsp3) is 0.794. The molecule has 0 aromatic heterocycles. The van der Waals surface area contributed by atoms with Crippen molar-refractivity contribution >= 4 is 5.97 Å². The Bertz CT molecular complexity index is 1010. The number of carbonyl (C=O) groups is 1. The number of ether oxygens (including phenoxy) is 1. The first-order chi connectivity index (χ1) is 16.9. The van der Waals surface area contributed by atoms with Crippen LogP contribution in [0.3, 0.4) is 0 Å². The molecule has 0 amide bonds. The molecule has 3 nitrogen and oxygen atoms in total. The van der Waals surface area contributed by atoms with Gasteiger partial charge in [-0.25, -0.2) is 0 Å². The Labute approximate surface area is 227 Å². The number of fused-ring (bicyclic) bond motifs is 5. The van der Waals surface area contributed by atoms with E-state index in [1.807, 2.05) is 0 Å². The van der Waals surface area contributed by atoms with Gasteiger partial charge in [0.05, 0.1) is 19.1 Å². The summed E-state index contributed by atoms with van der Waals surface area (Å²) in [5.74, 6) is 0.994. The Morgan fingerprint density at radius 2 is 1.81 bits per heavy atom. The molecule has 8 atom stereocenters. The van der Waals surface area contributed by atoms with Gasteiger partial charge >= 0.3 is 5.97 Å². The van der Waals surface area contributed by atoms with Crippen LogP contribution in [0.1, 0.15) is 107 Å². The van der Waals surface area contributed by atoms with Crippen LogP contribution >= 0.6 is 0 Å². The molecule has 0 unspecified atom stereocenters. The lowest BCUT2D eigenvalue weighted by Gasteiger charge is -2.61. The van der Waals surface area contributed by atoms with Crippen LogP contribution in [-0.4, -0.2) is 24.3 Å². The van der Waals surface area contributed by atoms with Gasteiger partial charge in [-0.3, -0.25) is 4.79 Å². The Morgan fingerprint density at radius 3 is 2.41 bits per heavy atom. The molecule has 0 radical (unpaired) electrons. The average molecular weight is 511 g/mol. The highest BCUT2D eigenvalue weighted by Gasteiger charge is 2.65. The summed E-state index contributed by atoms with van der Waals surface area (Å²) in [6, 6.07) is 0. The lowest BCUT2D eigenvalue weighted by molar-refractivity contribution is -0.151. The Hall–Kier alpha value is -1.35. The molecular weight excluding hydrogens is 456 g/mol. The standard InChI is InChI=1S/C34H54O3/c1-21-20-34(10)25-14-15-26-31(6,7)27(35)17-18-32(26,8)24(25)16-19-33(34,9)28(21)23(29(36)37-11)13-12-22(2)30(3,4)5/h14,16,21,23,26-28,35H,2,12-13,15,17-20H2,1,3-11H3/t21-,23-,26+,27-,28-,32-,33-,34+/m1/s1. The lowest BCUT2D eigenvalue weighted by atomic mass is 9.44. The molecule has 4 aliphatic rings. The van der Waals surface area contributed by atoms with Crippen molar-refractivity contribution in [3.63, 3.8) is 0 Å². The van der Waals surface area contributed by atoms with Crippen LogP contribution in [0, 0.1) is 50.7 Å². The van der Waals surface area contributed by atoms with Crippen molar-refractivity contribution < 1.29 is 14.6 Å². The third kappa shape index (κ3) is 4.12. The zero-order valence-corrected chi connectivity index (χ0v) is 25.5. The third-order valence-corrected chi connectivity index (χ3v) is 12.3. The molecule has 2 fully saturated rings. The third-order valence-electron chi connectivity index (χ3n) is 12.3. The zero-order chi connectivity index (χ0) is 27.8. The van der Waals surface area contributed by atoms with Crippen molar-refractivity contribution in [1.29, 1.82) is 0 Å². The van der Waals surface area contributed by atoms with Gasteiger partial charge in [-0.15, -0.1) is 0 Å². The maximum Gasteiger partial charge on any atom is 0.308 e. The van der Waals surface area contributed by atoms with E-state index in [1.54, 1.807) is 18.3 Å². The molecule has 4 aliphatic carbocycles. The molecule has 0 spiro atoms. The van der Waals surface area contributed by atoms with Gasteiger partial charge in [0.1, 0.15) is 0 Å². The SMILES string of the molecule is C=C(CC[C@@H](C(=O)OC)[C@H]1[C@H](C)C[C@@]2(C)C3=CC[C@H]4C(C)(C)[C@H](O)CC[C@]4(C)C3=CC[C@]12C)C(C)(C)C. The van der Waals surface area contributed by atoms with E-state index in [1.165, 1.54) is 5.57 Å². The fourth-order valence-corrected chi connectivity index (χ4v) is 9.67. The lowest BCUT2D eigenvalue weighted by Crippen LogP contribution is -2.54. The van der Waals surface area contributed by atoms with E-state index in [9.17, 15) is 9.90 Å². The Kier molecular flexibility index (Phi) is 7.05. The summed E-state index contributed by atoms with van der Waals surface area (Å²) in [6.07, 6.45) is 11.6. The second-order valence-electron chi connectivity index (χ2n) is 15.5. The van der Waals surface area contributed by atoms with Crippen molar-refractivity contribution in [2.45, 2.75) is 113 Å². The molecule has 0 aromatic carbocycles. The minimum absolute atomic E-state index is 0.00341. The van der Waals surface area contributed by atoms with Crippen LogP contribution in [0.15, 0.2) is 35.5 Å². The number of aliphatic hydroxyl groups is 1. The number of esters is 1. The number of methoxy groups -OCH3 is 1. The van der Waals surface area contributed by atoms with Gasteiger partial charge in [0.2, 0.25) is 0 Å². The van der Waals surface area contributed by atoms with E-state index >= 15 is 0 Å². The van der Waals surface area contributed by atoms with E-state index < -0.39 is 0 Å². The van der Waals surface area contributed by atoms with E-state index in [2.05, 4.69) is 81.0 Å². The highest BCUT2D eigenvalue weighted by atomic mass is 16.5. The summed E-state index contributed by atoms with van der Waals surface area (Å²) in [7, 11) is 1.55. The molecule has 37 heavy (non-hydrogen) atoms. The summed E-state index contributed by atoms with van der Waals surface area (Å²) in [5, 5.41) is 10.9. The predicted octanol–water partition coefficient (Wildman–Crippen LogP) is 8.29. The molecule has 2 saturated carbocycles. The molecule has 0 bridgehead atoms. The van der Waals surface area contributed by atoms with Crippen molar-refractivity contribution in [1.82, 2.24) is 0 Å². The van der Waals surface area contributed by atoms with E-state index in [-0.39, 0.29) is 51.0 Å². The number of hydrogen-bond acceptors (Lipinski definition) is 3. The topological polar surface area (TPSA) is 46.5 Å². The maximum absolute atomic E-state index is 13.3. The van der Waals surface area contributed by atoms with Crippen molar-refractivity contribution in [2.24, 2.45) is 50.7 Å². The van der Waals surface area contributed by atoms with E-state index in [0.29, 0.717) is 11.8 Å². The number of hydrogen-bond donors (Lipinski definition) is 1. The highest BCUT2D eigenvalue weighted by Crippen LogP contribution is 2.73. The van der Waals surface area contributed by atoms with Gasteiger partial charge in [0.15, 0.2) is 0 Å². The maximum atomic E-state index is 13.3. The van der Waals surface area contributed by atoms with Crippen molar-refractivity contribution in [3.05, 3.63) is 35.5 Å². The molecule has 0 saturated heterocycles. The Morgan fingerprint density at radius 1 is 1.16 bits per heavy atom. The van der Waals surface area contributed by atoms with E-state index in [0.717, 1.165) is 44.9 Å². The molecular formula is C34H54O3. The summed E-state index contributed by atoms with van der Waals surface area (Å²) in [6.45, 7) is 25.4. The second-order valence-corrected chi connectivity index (χ2v) is 15.5. The summed E-state index contributed by atoms with van der Waals surface area (Å²) in [5.41, 5.74) is 4.39.